The molecule has 1 aliphatic carbocycles. The van der Waals surface area contributed by atoms with Gasteiger partial charge in [-0.1, -0.05) is 17.7 Å². The maximum absolute atomic E-state index is 6.22. The van der Waals surface area contributed by atoms with E-state index in [9.17, 15) is 0 Å². The van der Waals surface area contributed by atoms with E-state index in [1.165, 1.54) is 25.8 Å². The van der Waals surface area contributed by atoms with Crippen molar-refractivity contribution in [2.24, 2.45) is 0 Å². The first-order valence-corrected chi connectivity index (χ1v) is 7.72. The number of fused-ring (bicyclic) bond motifs is 1. The summed E-state index contributed by atoms with van der Waals surface area (Å²) in [6.07, 6.45) is 5.81. The van der Waals surface area contributed by atoms with Gasteiger partial charge >= 0.3 is 0 Å². The second kappa shape index (κ2) is 4.90. The molecule has 1 aromatic heterocycles. The molecule has 1 saturated heterocycles. The Hall–Kier alpha value is -1.32. The normalized spacial score (nSPS) is 23.4. The van der Waals surface area contributed by atoms with Gasteiger partial charge in [0.15, 0.2) is 0 Å². The molecule has 0 amide bonds. The van der Waals surface area contributed by atoms with Gasteiger partial charge in [-0.15, -0.1) is 0 Å². The SMILES string of the molecule is Clc1cc(NC2CCN(C3CC3)C2)c2ncccc2c1. The minimum absolute atomic E-state index is 0.513. The van der Waals surface area contributed by atoms with Crippen LogP contribution in [0, 0.1) is 0 Å². The van der Waals surface area contributed by atoms with Crippen LogP contribution in [0.4, 0.5) is 5.69 Å². The number of rotatable bonds is 3. The van der Waals surface area contributed by atoms with Gasteiger partial charge in [0.1, 0.15) is 0 Å². The van der Waals surface area contributed by atoms with E-state index >= 15 is 0 Å². The quantitative estimate of drug-likeness (QED) is 0.936. The van der Waals surface area contributed by atoms with Gasteiger partial charge in [-0.3, -0.25) is 9.88 Å². The van der Waals surface area contributed by atoms with Crippen molar-refractivity contribution in [3.8, 4) is 0 Å². The predicted octanol–water partition coefficient (Wildman–Crippen LogP) is 3.54. The van der Waals surface area contributed by atoms with E-state index in [0.29, 0.717) is 6.04 Å². The topological polar surface area (TPSA) is 28.2 Å². The zero-order valence-corrected chi connectivity index (χ0v) is 12.1. The van der Waals surface area contributed by atoms with E-state index in [1.807, 2.05) is 24.4 Å². The second-order valence-corrected chi connectivity index (χ2v) is 6.32. The van der Waals surface area contributed by atoms with Crippen LogP contribution in [0.1, 0.15) is 19.3 Å². The zero-order valence-electron chi connectivity index (χ0n) is 11.3. The highest BCUT2D eigenvalue weighted by atomic mass is 35.5. The number of benzene rings is 1. The number of aromatic nitrogens is 1. The molecule has 1 unspecified atom stereocenters. The summed E-state index contributed by atoms with van der Waals surface area (Å²) in [6, 6.07) is 9.35. The molecular formula is C16H18ClN3. The number of hydrogen-bond acceptors (Lipinski definition) is 3. The van der Waals surface area contributed by atoms with Gasteiger partial charge in [0.25, 0.3) is 0 Å². The molecule has 4 heteroatoms. The first-order valence-electron chi connectivity index (χ1n) is 7.34. The second-order valence-electron chi connectivity index (χ2n) is 5.88. The maximum Gasteiger partial charge on any atom is 0.0934 e. The number of halogens is 1. The van der Waals surface area contributed by atoms with Crippen LogP contribution >= 0.6 is 11.6 Å². The third-order valence-electron chi connectivity index (χ3n) is 4.31. The molecule has 1 N–H and O–H groups in total. The predicted molar refractivity (Wildman–Crippen MR) is 83.4 cm³/mol. The van der Waals surface area contributed by atoms with Crippen LogP contribution in [0.15, 0.2) is 30.5 Å². The summed E-state index contributed by atoms with van der Waals surface area (Å²) in [5, 5.41) is 5.51. The molecular weight excluding hydrogens is 270 g/mol. The molecule has 2 aliphatic rings. The molecule has 0 bridgehead atoms. The molecule has 1 atom stereocenters. The number of hydrogen-bond donors (Lipinski definition) is 1. The summed E-state index contributed by atoms with van der Waals surface area (Å²) in [7, 11) is 0. The molecule has 2 fully saturated rings. The Balaban J connectivity index is 1.59. The molecule has 2 heterocycles. The lowest BCUT2D eigenvalue weighted by molar-refractivity contribution is 0.326. The summed E-state index contributed by atoms with van der Waals surface area (Å²) < 4.78 is 0. The van der Waals surface area contributed by atoms with Gasteiger partial charge in [-0.05, 0) is 37.5 Å². The van der Waals surface area contributed by atoms with Crippen molar-refractivity contribution >= 4 is 28.2 Å². The van der Waals surface area contributed by atoms with Crippen LogP contribution in [0.25, 0.3) is 10.9 Å². The van der Waals surface area contributed by atoms with Crippen LogP contribution < -0.4 is 5.32 Å². The highest BCUT2D eigenvalue weighted by Gasteiger charge is 2.34. The molecule has 1 saturated carbocycles. The molecule has 3 nitrogen and oxygen atoms in total. The summed E-state index contributed by atoms with van der Waals surface area (Å²) in [6.45, 7) is 2.36. The summed E-state index contributed by atoms with van der Waals surface area (Å²) >= 11 is 6.22. The van der Waals surface area contributed by atoms with Crippen LogP contribution in [-0.4, -0.2) is 35.1 Å². The third-order valence-corrected chi connectivity index (χ3v) is 4.53. The molecule has 0 spiro atoms. The minimum Gasteiger partial charge on any atom is -0.379 e. The van der Waals surface area contributed by atoms with Crippen molar-refractivity contribution in [1.29, 1.82) is 0 Å². The number of likely N-dealkylation sites (tertiary alicyclic amines) is 1. The van der Waals surface area contributed by atoms with Crippen molar-refractivity contribution in [2.75, 3.05) is 18.4 Å². The van der Waals surface area contributed by atoms with Gasteiger partial charge in [0.05, 0.1) is 11.2 Å². The van der Waals surface area contributed by atoms with E-state index in [1.54, 1.807) is 0 Å². The Morgan fingerprint density at radius 1 is 1.25 bits per heavy atom. The molecule has 2 aromatic rings. The zero-order chi connectivity index (χ0) is 13.5. The number of nitrogens with zero attached hydrogens (tertiary/aromatic N) is 2. The number of pyridine rings is 1. The molecule has 4 rings (SSSR count). The largest absolute Gasteiger partial charge is 0.379 e. The lowest BCUT2D eigenvalue weighted by Gasteiger charge is -2.17. The Kier molecular flexibility index (Phi) is 3.04. The Morgan fingerprint density at radius 2 is 2.15 bits per heavy atom. The Labute approximate surface area is 123 Å². The maximum atomic E-state index is 6.22. The van der Waals surface area contributed by atoms with Crippen molar-refractivity contribution < 1.29 is 0 Å². The average molecular weight is 288 g/mol. The fourth-order valence-electron chi connectivity index (χ4n) is 3.16. The molecule has 0 radical (unpaired) electrons. The van der Waals surface area contributed by atoms with Crippen LogP contribution in [0.2, 0.25) is 5.02 Å². The lowest BCUT2D eigenvalue weighted by atomic mass is 10.1. The third kappa shape index (κ3) is 2.36. The van der Waals surface area contributed by atoms with Crippen molar-refractivity contribution in [1.82, 2.24) is 9.88 Å². The molecule has 1 aromatic carbocycles. The summed E-state index contributed by atoms with van der Waals surface area (Å²) in [5.74, 6) is 0. The first-order chi connectivity index (χ1) is 9.79. The van der Waals surface area contributed by atoms with Crippen LogP contribution in [0.3, 0.4) is 0 Å². The smallest absolute Gasteiger partial charge is 0.0934 e. The number of anilines is 1. The number of nitrogens with one attached hydrogen (secondary N) is 1. The highest BCUT2D eigenvalue weighted by Crippen LogP contribution is 2.32. The van der Waals surface area contributed by atoms with Crippen LogP contribution in [-0.2, 0) is 0 Å². The Bertz CT molecular complexity index is 639. The molecule has 1 aliphatic heterocycles. The lowest BCUT2D eigenvalue weighted by Crippen LogP contribution is -2.27. The van der Waals surface area contributed by atoms with Crippen molar-refractivity contribution in [2.45, 2.75) is 31.3 Å². The van der Waals surface area contributed by atoms with E-state index in [4.69, 9.17) is 11.6 Å². The fourth-order valence-corrected chi connectivity index (χ4v) is 3.39. The van der Waals surface area contributed by atoms with E-state index < -0.39 is 0 Å². The van der Waals surface area contributed by atoms with Gasteiger partial charge in [-0.25, -0.2) is 0 Å². The van der Waals surface area contributed by atoms with Crippen molar-refractivity contribution in [3.63, 3.8) is 0 Å². The van der Waals surface area contributed by atoms with Crippen molar-refractivity contribution in [3.05, 3.63) is 35.5 Å². The fraction of sp³-hybridized carbons (Fsp3) is 0.438. The molecule has 20 heavy (non-hydrogen) atoms. The summed E-state index contributed by atoms with van der Waals surface area (Å²) in [4.78, 5) is 7.11. The summed E-state index contributed by atoms with van der Waals surface area (Å²) in [5.41, 5.74) is 2.08. The van der Waals surface area contributed by atoms with E-state index in [0.717, 1.165) is 34.2 Å². The Morgan fingerprint density at radius 3 is 3.00 bits per heavy atom. The van der Waals surface area contributed by atoms with Gasteiger partial charge in [-0.2, -0.15) is 0 Å². The standard InChI is InChI=1S/C16H18ClN3/c17-12-8-11-2-1-6-18-16(11)15(9-12)19-13-5-7-20(10-13)14-3-4-14/h1-2,6,8-9,13-14,19H,3-5,7,10H2. The van der Waals surface area contributed by atoms with Gasteiger partial charge in [0, 0.05) is 41.8 Å². The van der Waals surface area contributed by atoms with Gasteiger partial charge in [0.2, 0.25) is 0 Å². The molecule has 104 valence electrons. The van der Waals surface area contributed by atoms with Crippen LogP contribution in [0.5, 0.6) is 0 Å². The monoisotopic (exact) mass is 287 g/mol. The minimum atomic E-state index is 0.513. The highest BCUT2D eigenvalue weighted by molar-refractivity contribution is 6.31. The van der Waals surface area contributed by atoms with E-state index in [2.05, 4.69) is 21.3 Å². The van der Waals surface area contributed by atoms with Gasteiger partial charge < -0.3 is 5.32 Å². The first kappa shape index (κ1) is 12.4. The van der Waals surface area contributed by atoms with E-state index in [-0.39, 0.29) is 0 Å². The average Bonchev–Trinajstić information content (AvgIpc) is 3.19.